The quantitative estimate of drug-likeness (QED) is 0.756. The fraction of sp³-hybridized carbons (Fsp3) is 0.667. The highest BCUT2D eigenvalue weighted by molar-refractivity contribution is 7.94. The van der Waals surface area contributed by atoms with Crippen LogP contribution in [0.2, 0.25) is 0 Å². The Morgan fingerprint density at radius 2 is 1.92 bits per heavy atom. The predicted octanol–water partition coefficient (Wildman–Crippen LogP) is 3.02. The van der Waals surface area contributed by atoms with Crippen LogP contribution >= 0.6 is 0 Å². The Morgan fingerprint density at radius 3 is 2.54 bits per heavy atom. The first-order valence-electron chi connectivity index (χ1n) is 9.04. The number of nitrogens with zero attached hydrogens (tertiary/aromatic N) is 3. The summed E-state index contributed by atoms with van der Waals surface area (Å²) in [5.41, 5.74) is 1.80. The molecule has 2 heterocycles. The van der Waals surface area contributed by atoms with Gasteiger partial charge in [0.15, 0.2) is 15.6 Å². The van der Waals surface area contributed by atoms with Crippen molar-refractivity contribution in [3.8, 4) is 0 Å². The van der Waals surface area contributed by atoms with E-state index in [1.165, 1.54) is 13.8 Å². The van der Waals surface area contributed by atoms with Gasteiger partial charge in [-0.3, -0.25) is 4.79 Å². The number of Topliss-reactive ketones (excluding diaryl/α,β-unsaturated/α-hetero) is 1. The molecule has 0 bridgehead atoms. The SMILES string of the molecule is Cc1cc(C2=NN=C(CC(=O)C(C)(C)S(=O)(=O)C3CCCCC3)C2)no1. The van der Waals surface area contributed by atoms with Crippen molar-refractivity contribution in [2.24, 2.45) is 10.2 Å². The van der Waals surface area contributed by atoms with Gasteiger partial charge in [-0.05, 0) is 33.6 Å². The van der Waals surface area contributed by atoms with Gasteiger partial charge in [0.05, 0.1) is 16.7 Å². The zero-order chi connectivity index (χ0) is 18.9. The largest absolute Gasteiger partial charge is 0.361 e. The number of hydrogen-bond donors (Lipinski definition) is 0. The Hall–Kier alpha value is -1.83. The van der Waals surface area contributed by atoms with Gasteiger partial charge in [-0.25, -0.2) is 8.42 Å². The summed E-state index contributed by atoms with van der Waals surface area (Å²) < 4.78 is 29.6. The summed E-state index contributed by atoms with van der Waals surface area (Å²) >= 11 is 0. The van der Waals surface area contributed by atoms with Gasteiger partial charge in [-0.2, -0.15) is 10.2 Å². The Morgan fingerprint density at radius 1 is 1.23 bits per heavy atom. The first-order valence-corrected chi connectivity index (χ1v) is 10.6. The standard InChI is InChI=1S/C18H25N3O4S/c1-12-9-16(21-25-12)15-10-13(19-20-15)11-17(22)18(2,3)26(23,24)14-7-5-4-6-8-14/h9,14H,4-8,10-11H2,1-3H3. The number of ketones is 1. The molecule has 0 radical (unpaired) electrons. The summed E-state index contributed by atoms with van der Waals surface area (Å²) in [6, 6.07) is 1.76. The van der Waals surface area contributed by atoms with E-state index in [2.05, 4.69) is 15.4 Å². The number of sulfone groups is 1. The highest BCUT2D eigenvalue weighted by atomic mass is 32.2. The molecule has 2 aliphatic rings. The van der Waals surface area contributed by atoms with Crippen LogP contribution in [0.4, 0.5) is 0 Å². The molecule has 0 unspecified atom stereocenters. The van der Waals surface area contributed by atoms with Crippen molar-refractivity contribution >= 4 is 27.0 Å². The molecular formula is C18H25N3O4S. The van der Waals surface area contributed by atoms with E-state index >= 15 is 0 Å². The van der Waals surface area contributed by atoms with E-state index in [9.17, 15) is 13.2 Å². The molecule has 0 aromatic carbocycles. The lowest BCUT2D eigenvalue weighted by molar-refractivity contribution is -0.119. The van der Waals surface area contributed by atoms with Crippen LogP contribution in [0.5, 0.6) is 0 Å². The molecule has 1 saturated carbocycles. The molecule has 3 rings (SSSR count). The summed E-state index contributed by atoms with van der Waals surface area (Å²) in [6.07, 6.45) is 4.57. The Balaban J connectivity index is 1.66. The molecule has 0 N–H and O–H groups in total. The molecule has 0 amide bonds. The van der Waals surface area contributed by atoms with Crippen molar-refractivity contribution in [3.63, 3.8) is 0 Å². The van der Waals surface area contributed by atoms with E-state index in [1.807, 2.05) is 0 Å². The summed E-state index contributed by atoms with van der Waals surface area (Å²) in [4.78, 5) is 12.8. The molecule has 142 valence electrons. The first-order chi connectivity index (χ1) is 12.2. The summed E-state index contributed by atoms with van der Waals surface area (Å²) in [5, 5.41) is 11.6. The van der Waals surface area contributed by atoms with Gasteiger partial charge < -0.3 is 4.52 Å². The molecule has 1 aliphatic carbocycles. The highest BCUT2D eigenvalue weighted by Gasteiger charge is 2.46. The second-order valence-electron chi connectivity index (χ2n) is 7.63. The van der Waals surface area contributed by atoms with Crippen LogP contribution < -0.4 is 0 Å². The maximum Gasteiger partial charge on any atom is 0.165 e. The average Bonchev–Trinajstić information content (AvgIpc) is 3.24. The van der Waals surface area contributed by atoms with Crippen molar-refractivity contribution in [2.45, 2.75) is 75.7 Å². The lowest BCUT2D eigenvalue weighted by Gasteiger charge is -2.31. The molecule has 1 fully saturated rings. The third-order valence-corrected chi connectivity index (χ3v) is 8.35. The number of hydrogen-bond acceptors (Lipinski definition) is 7. The Labute approximate surface area is 153 Å². The third kappa shape index (κ3) is 3.51. The van der Waals surface area contributed by atoms with Gasteiger partial charge in [0.25, 0.3) is 0 Å². The van der Waals surface area contributed by atoms with Gasteiger partial charge in [-0.1, -0.05) is 24.4 Å². The van der Waals surface area contributed by atoms with E-state index in [0.717, 1.165) is 19.3 Å². The second-order valence-corrected chi connectivity index (χ2v) is 10.4. The van der Waals surface area contributed by atoms with Crippen LogP contribution in [0.3, 0.4) is 0 Å². The predicted molar refractivity (Wildman–Crippen MR) is 99.3 cm³/mol. The van der Waals surface area contributed by atoms with E-state index < -0.39 is 19.8 Å². The number of aryl methyl sites for hydroxylation is 1. The van der Waals surface area contributed by atoms with Crippen LogP contribution in [-0.2, 0) is 14.6 Å². The van der Waals surface area contributed by atoms with Crippen LogP contribution in [0.15, 0.2) is 20.8 Å². The third-order valence-electron chi connectivity index (χ3n) is 5.35. The molecular weight excluding hydrogens is 354 g/mol. The number of aromatic nitrogens is 1. The summed E-state index contributed by atoms with van der Waals surface area (Å²) in [6.45, 7) is 4.84. The van der Waals surface area contributed by atoms with Gasteiger partial charge in [0.1, 0.15) is 16.2 Å². The van der Waals surface area contributed by atoms with Gasteiger partial charge >= 0.3 is 0 Å². The van der Waals surface area contributed by atoms with Crippen molar-refractivity contribution in [3.05, 3.63) is 17.5 Å². The van der Waals surface area contributed by atoms with Crippen molar-refractivity contribution in [1.82, 2.24) is 5.16 Å². The minimum absolute atomic E-state index is 0.0111. The minimum atomic E-state index is -3.53. The lowest BCUT2D eigenvalue weighted by Crippen LogP contribution is -2.47. The van der Waals surface area contributed by atoms with E-state index in [1.54, 1.807) is 13.0 Å². The maximum absolute atomic E-state index is 13.0. The zero-order valence-electron chi connectivity index (χ0n) is 15.5. The molecule has 26 heavy (non-hydrogen) atoms. The minimum Gasteiger partial charge on any atom is -0.361 e. The molecule has 8 heteroatoms. The molecule has 7 nitrogen and oxygen atoms in total. The summed E-state index contributed by atoms with van der Waals surface area (Å²) in [5.74, 6) is 0.349. The van der Waals surface area contributed by atoms with Crippen LogP contribution in [0.1, 0.15) is 70.2 Å². The van der Waals surface area contributed by atoms with Crippen molar-refractivity contribution < 1.29 is 17.7 Å². The van der Waals surface area contributed by atoms with E-state index in [0.29, 0.717) is 42.1 Å². The van der Waals surface area contributed by atoms with Crippen molar-refractivity contribution in [2.75, 3.05) is 0 Å². The fourth-order valence-corrected chi connectivity index (χ4v) is 5.66. The van der Waals surface area contributed by atoms with E-state index in [4.69, 9.17) is 4.52 Å². The number of carbonyl (C=O) groups is 1. The van der Waals surface area contributed by atoms with Gasteiger partial charge in [0, 0.05) is 18.9 Å². The maximum atomic E-state index is 13.0. The smallest absolute Gasteiger partial charge is 0.165 e. The van der Waals surface area contributed by atoms with Crippen LogP contribution in [0.25, 0.3) is 0 Å². The Bertz CT molecular complexity index is 859. The van der Waals surface area contributed by atoms with Crippen LogP contribution in [-0.4, -0.2) is 40.8 Å². The molecule has 0 saturated heterocycles. The van der Waals surface area contributed by atoms with E-state index in [-0.39, 0.29) is 12.2 Å². The zero-order valence-corrected chi connectivity index (χ0v) is 16.3. The average molecular weight is 379 g/mol. The lowest BCUT2D eigenvalue weighted by atomic mass is 9.99. The first kappa shape index (κ1) is 18.9. The number of carbonyl (C=O) groups excluding carboxylic acids is 1. The molecule has 1 aliphatic heterocycles. The molecule has 1 aromatic heterocycles. The van der Waals surface area contributed by atoms with Gasteiger partial charge in [0.2, 0.25) is 0 Å². The summed E-state index contributed by atoms with van der Waals surface area (Å²) in [7, 11) is -3.53. The van der Waals surface area contributed by atoms with Gasteiger partial charge in [-0.15, -0.1) is 0 Å². The normalized spacial score (nSPS) is 19.3. The van der Waals surface area contributed by atoms with Crippen molar-refractivity contribution in [1.29, 1.82) is 0 Å². The van der Waals surface area contributed by atoms with Crippen LogP contribution in [0, 0.1) is 6.92 Å². The highest BCUT2D eigenvalue weighted by Crippen LogP contribution is 2.32. The molecule has 0 atom stereocenters. The molecule has 0 spiro atoms. The Kier molecular flexibility index (Phi) is 5.14. The fourth-order valence-electron chi connectivity index (χ4n) is 3.49. The monoisotopic (exact) mass is 379 g/mol. The number of rotatable bonds is 6. The topological polar surface area (TPSA) is 102 Å². The molecule has 1 aromatic rings. The second kappa shape index (κ2) is 7.06.